The van der Waals surface area contributed by atoms with E-state index in [4.69, 9.17) is 4.98 Å². The van der Waals surface area contributed by atoms with E-state index in [1.165, 1.54) is 0 Å². The van der Waals surface area contributed by atoms with Crippen LogP contribution in [0.1, 0.15) is 25.0 Å². The molecule has 3 heterocycles. The monoisotopic (exact) mass is 367 g/mol. The number of halogens is 1. The van der Waals surface area contributed by atoms with Gasteiger partial charge < -0.3 is 10.2 Å². The molecule has 1 aromatic carbocycles. The quantitative estimate of drug-likeness (QED) is 0.770. The van der Waals surface area contributed by atoms with Crippen LogP contribution in [-0.2, 0) is 13.5 Å². The van der Waals surface area contributed by atoms with Gasteiger partial charge in [-0.2, -0.15) is 5.10 Å². The Morgan fingerprint density at radius 3 is 2.81 bits per heavy atom. The third-order valence-corrected chi connectivity index (χ3v) is 5.49. The highest BCUT2D eigenvalue weighted by Gasteiger charge is 2.26. The molecule has 1 atom stereocenters. The molecule has 1 fully saturated rings. The highest BCUT2D eigenvalue weighted by molar-refractivity contribution is 5.94. The van der Waals surface area contributed by atoms with Crippen molar-refractivity contribution in [2.24, 2.45) is 7.05 Å². The molecular weight excluding hydrogens is 341 g/mol. The molecule has 0 saturated carbocycles. The summed E-state index contributed by atoms with van der Waals surface area (Å²) in [6.07, 6.45) is 2.73. The van der Waals surface area contributed by atoms with Crippen LogP contribution in [0, 0.1) is 12.7 Å². The molecule has 4 rings (SSSR count). The smallest absolute Gasteiger partial charge is 0.149 e. The van der Waals surface area contributed by atoms with Gasteiger partial charge in [-0.25, -0.2) is 9.37 Å². The average Bonchev–Trinajstić information content (AvgIpc) is 3.08. The zero-order valence-corrected chi connectivity index (χ0v) is 16.4. The van der Waals surface area contributed by atoms with Crippen molar-refractivity contribution in [1.29, 1.82) is 0 Å². The predicted molar refractivity (Wildman–Crippen MR) is 108 cm³/mol. The van der Waals surface area contributed by atoms with Crippen molar-refractivity contribution in [2.75, 3.05) is 24.5 Å². The van der Waals surface area contributed by atoms with E-state index in [9.17, 15) is 4.39 Å². The Morgan fingerprint density at radius 1 is 1.33 bits per heavy atom. The molecule has 0 amide bonds. The first-order chi connectivity index (χ1) is 13.0. The molecule has 1 saturated heterocycles. The van der Waals surface area contributed by atoms with E-state index in [1.807, 2.05) is 26.2 Å². The van der Waals surface area contributed by atoms with E-state index < -0.39 is 0 Å². The highest BCUT2D eigenvalue weighted by atomic mass is 19.1. The minimum absolute atomic E-state index is 0.246. The molecule has 142 valence electrons. The number of nitrogens with one attached hydrogen (secondary N) is 1. The largest absolute Gasteiger partial charge is 0.351 e. The summed E-state index contributed by atoms with van der Waals surface area (Å²) in [4.78, 5) is 7.12. The van der Waals surface area contributed by atoms with Crippen LogP contribution in [0.3, 0.4) is 0 Å². The Labute approximate surface area is 159 Å². The summed E-state index contributed by atoms with van der Waals surface area (Å²) in [6, 6.07) is 5.97. The van der Waals surface area contributed by atoms with Crippen molar-refractivity contribution in [3.8, 4) is 11.3 Å². The summed E-state index contributed by atoms with van der Waals surface area (Å²) in [6.45, 7) is 8.89. The SMILES string of the molecule is CCc1cc(F)c2nc(N3CCNC[C@H]3C)c(-c3ccn(C)n3)c(C)c2c1. The molecule has 0 radical (unpaired) electrons. The first-order valence-corrected chi connectivity index (χ1v) is 9.59. The van der Waals surface area contributed by atoms with E-state index in [0.717, 1.165) is 59.6 Å². The lowest BCUT2D eigenvalue weighted by atomic mass is 9.98. The predicted octanol–water partition coefficient (Wildman–Crippen LogP) is 3.44. The summed E-state index contributed by atoms with van der Waals surface area (Å²) in [5.41, 5.74) is 4.36. The van der Waals surface area contributed by atoms with E-state index >= 15 is 0 Å². The summed E-state index contributed by atoms with van der Waals surface area (Å²) >= 11 is 0. The first kappa shape index (κ1) is 17.9. The molecule has 1 aliphatic rings. The van der Waals surface area contributed by atoms with Gasteiger partial charge in [0.2, 0.25) is 0 Å². The minimum Gasteiger partial charge on any atom is -0.351 e. The van der Waals surface area contributed by atoms with Gasteiger partial charge in [-0.3, -0.25) is 4.68 Å². The van der Waals surface area contributed by atoms with Crippen LogP contribution in [0.25, 0.3) is 22.2 Å². The normalized spacial score (nSPS) is 17.7. The maximum absolute atomic E-state index is 14.9. The fourth-order valence-electron chi connectivity index (χ4n) is 3.94. The molecule has 27 heavy (non-hydrogen) atoms. The molecule has 6 heteroatoms. The number of nitrogens with zero attached hydrogens (tertiary/aromatic N) is 4. The number of rotatable bonds is 3. The van der Waals surface area contributed by atoms with E-state index in [1.54, 1.807) is 10.7 Å². The number of anilines is 1. The fraction of sp³-hybridized carbons (Fsp3) is 0.429. The van der Waals surface area contributed by atoms with Gasteiger partial charge in [0.05, 0.1) is 5.69 Å². The average molecular weight is 367 g/mol. The maximum Gasteiger partial charge on any atom is 0.149 e. The van der Waals surface area contributed by atoms with Crippen molar-refractivity contribution in [1.82, 2.24) is 20.1 Å². The van der Waals surface area contributed by atoms with Gasteiger partial charge in [0, 0.05) is 49.9 Å². The van der Waals surface area contributed by atoms with Crippen LogP contribution in [0.15, 0.2) is 24.4 Å². The van der Waals surface area contributed by atoms with E-state index in [0.29, 0.717) is 5.52 Å². The van der Waals surface area contributed by atoms with Crippen molar-refractivity contribution >= 4 is 16.7 Å². The van der Waals surface area contributed by atoms with Gasteiger partial charge in [0.15, 0.2) is 0 Å². The standard InChI is InChI=1S/C21H26FN5/c1-5-15-10-16-14(3)19(18-6-8-26(4)25-18)21(24-20(16)17(22)11-15)27-9-7-23-12-13(27)2/h6,8,10-11,13,23H,5,7,9,12H2,1-4H3/t13-/m1/s1. The molecule has 0 spiro atoms. The van der Waals surface area contributed by atoms with Crippen LogP contribution < -0.4 is 10.2 Å². The number of aryl methyl sites for hydroxylation is 3. The lowest BCUT2D eigenvalue weighted by Crippen LogP contribution is -2.50. The third-order valence-electron chi connectivity index (χ3n) is 5.49. The fourth-order valence-corrected chi connectivity index (χ4v) is 3.94. The summed E-state index contributed by atoms with van der Waals surface area (Å²) in [5.74, 6) is 0.583. The van der Waals surface area contributed by atoms with E-state index in [-0.39, 0.29) is 11.9 Å². The molecular formula is C21H26FN5. The van der Waals surface area contributed by atoms with E-state index in [2.05, 4.69) is 35.2 Å². The number of pyridine rings is 1. The van der Waals surface area contributed by atoms with Gasteiger partial charge in [-0.05, 0) is 49.6 Å². The number of benzene rings is 1. The minimum atomic E-state index is -0.246. The molecule has 0 unspecified atom stereocenters. The lowest BCUT2D eigenvalue weighted by Gasteiger charge is -2.36. The van der Waals surface area contributed by atoms with Gasteiger partial charge >= 0.3 is 0 Å². The second kappa shape index (κ2) is 6.93. The van der Waals surface area contributed by atoms with Gasteiger partial charge in [-0.15, -0.1) is 0 Å². The summed E-state index contributed by atoms with van der Waals surface area (Å²) in [7, 11) is 1.91. The molecule has 5 nitrogen and oxygen atoms in total. The molecule has 1 aliphatic heterocycles. The number of hydrogen-bond acceptors (Lipinski definition) is 4. The molecule has 1 N–H and O–H groups in total. The lowest BCUT2D eigenvalue weighted by molar-refractivity contribution is 0.497. The Morgan fingerprint density at radius 2 is 2.15 bits per heavy atom. The molecule has 0 aliphatic carbocycles. The molecule has 2 aromatic heterocycles. The maximum atomic E-state index is 14.9. The topological polar surface area (TPSA) is 46.0 Å². The Balaban J connectivity index is 2.03. The second-order valence-corrected chi connectivity index (χ2v) is 7.38. The highest BCUT2D eigenvalue weighted by Crippen LogP contribution is 2.37. The summed E-state index contributed by atoms with van der Waals surface area (Å²) < 4.78 is 16.7. The van der Waals surface area contributed by atoms with Crippen LogP contribution in [0.2, 0.25) is 0 Å². The Kier molecular flexibility index (Phi) is 4.60. The zero-order chi connectivity index (χ0) is 19.1. The van der Waals surface area contributed by atoms with Crippen LogP contribution in [0.4, 0.5) is 10.2 Å². The van der Waals surface area contributed by atoms with Crippen LogP contribution >= 0.6 is 0 Å². The Hall–Kier alpha value is -2.47. The van der Waals surface area contributed by atoms with Crippen molar-refractivity contribution in [2.45, 2.75) is 33.2 Å². The number of hydrogen-bond donors (Lipinski definition) is 1. The summed E-state index contributed by atoms with van der Waals surface area (Å²) in [5, 5.41) is 8.92. The number of fused-ring (bicyclic) bond motifs is 1. The van der Waals surface area contributed by atoms with Gasteiger partial charge in [0.1, 0.15) is 17.2 Å². The van der Waals surface area contributed by atoms with Crippen LogP contribution in [0.5, 0.6) is 0 Å². The number of piperazine rings is 1. The zero-order valence-electron chi connectivity index (χ0n) is 16.4. The second-order valence-electron chi connectivity index (χ2n) is 7.38. The van der Waals surface area contributed by atoms with Crippen LogP contribution in [-0.4, -0.2) is 40.4 Å². The van der Waals surface area contributed by atoms with Gasteiger partial charge in [0.25, 0.3) is 0 Å². The van der Waals surface area contributed by atoms with Gasteiger partial charge in [-0.1, -0.05) is 6.92 Å². The van der Waals surface area contributed by atoms with Crippen molar-refractivity contribution < 1.29 is 4.39 Å². The first-order valence-electron chi connectivity index (χ1n) is 9.59. The van der Waals surface area contributed by atoms with Crippen molar-refractivity contribution in [3.63, 3.8) is 0 Å². The molecule has 3 aromatic rings. The molecule has 0 bridgehead atoms. The number of aromatic nitrogens is 3. The Bertz CT molecular complexity index is 994. The van der Waals surface area contributed by atoms with Crippen molar-refractivity contribution in [3.05, 3.63) is 41.3 Å². The third kappa shape index (κ3) is 3.08.